The van der Waals surface area contributed by atoms with Crippen LogP contribution in [0.1, 0.15) is 20.3 Å². The molecule has 1 heteroatoms. The van der Waals surface area contributed by atoms with Gasteiger partial charge < -0.3 is 5.32 Å². The summed E-state index contributed by atoms with van der Waals surface area (Å²) >= 11 is 0. The summed E-state index contributed by atoms with van der Waals surface area (Å²) in [4.78, 5) is 0. The van der Waals surface area contributed by atoms with Crippen molar-refractivity contribution in [2.24, 2.45) is 11.8 Å². The molecule has 1 N–H and O–H groups in total. The smallest absolute Gasteiger partial charge is 0.0543 e. The Morgan fingerprint density at radius 2 is 2.35 bits per heavy atom. The van der Waals surface area contributed by atoms with Gasteiger partial charge in [0.2, 0.25) is 0 Å². The normalized spacial score (nSPS) is 31.3. The van der Waals surface area contributed by atoms with Crippen LogP contribution < -0.4 is 5.32 Å². The highest BCUT2D eigenvalue weighted by Crippen LogP contribution is 2.31. The first-order chi connectivity index (χ1) is 8.26. The summed E-state index contributed by atoms with van der Waals surface area (Å²) in [7, 11) is 0. The fourth-order valence-electron chi connectivity index (χ4n) is 2.37. The molecule has 0 aromatic carbocycles. The average molecular weight is 225 g/mol. The van der Waals surface area contributed by atoms with Crippen molar-refractivity contribution in [3.63, 3.8) is 0 Å². The average Bonchev–Trinajstić information content (AvgIpc) is 2.62. The minimum Gasteiger partial charge on any atom is -0.378 e. The zero-order valence-electron chi connectivity index (χ0n) is 10.5. The Bertz CT molecular complexity index is 454. The lowest BCUT2D eigenvalue weighted by Crippen LogP contribution is -2.25. The van der Waals surface area contributed by atoms with Gasteiger partial charge in [0.1, 0.15) is 0 Å². The molecule has 17 heavy (non-hydrogen) atoms. The van der Waals surface area contributed by atoms with E-state index in [1.54, 1.807) is 0 Å². The van der Waals surface area contributed by atoms with Gasteiger partial charge in [-0.05, 0) is 25.5 Å². The summed E-state index contributed by atoms with van der Waals surface area (Å²) in [5, 5.41) is 3.52. The standard InChI is InChI=1S/C16H19N/c1-4-7-13-14-9-6-8-12(3)10-11-16(14)17-15(13)5-2/h4-5,7,10-13,15,17H,2,9H2,1,3H3/b7-4-,11-10?. The van der Waals surface area contributed by atoms with Crippen LogP contribution in [0.3, 0.4) is 0 Å². The quantitative estimate of drug-likeness (QED) is 0.562. The van der Waals surface area contributed by atoms with E-state index >= 15 is 0 Å². The molecule has 0 fully saturated rings. The van der Waals surface area contributed by atoms with Crippen LogP contribution in [0.5, 0.6) is 0 Å². The van der Waals surface area contributed by atoms with Gasteiger partial charge in [0.05, 0.1) is 6.04 Å². The Balaban J connectivity index is 2.35. The minimum absolute atomic E-state index is 0.302. The maximum absolute atomic E-state index is 3.91. The van der Waals surface area contributed by atoms with Crippen LogP contribution in [-0.4, -0.2) is 6.04 Å². The molecule has 0 aromatic rings. The van der Waals surface area contributed by atoms with Crippen LogP contribution in [0.4, 0.5) is 0 Å². The molecule has 3 unspecified atom stereocenters. The Morgan fingerprint density at radius 3 is 3.06 bits per heavy atom. The molecule has 2 aliphatic rings. The molecule has 2 rings (SSSR count). The molecule has 0 radical (unpaired) electrons. The van der Waals surface area contributed by atoms with Gasteiger partial charge >= 0.3 is 0 Å². The van der Waals surface area contributed by atoms with Gasteiger partial charge in [-0.3, -0.25) is 0 Å². The van der Waals surface area contributed by atoms with E-state index in [0.717, 1.165) is 6.42 Å². The number of hydrogen-bond acceptors (Lipinski definition) is 1. The highest BCUT2D eigenvalue weighted by Gasteiger charge is 2.29. The molecule has 0 spiro atoms. The number of nitrogens with one attached hydrogen (secondary N) is 1. The third kappa shape index (κ3) is 2.36. The van der Waals surface area contributed by atoms with Crippen LogP contribution in [0.2, 0.25) is 0 Å². The molecule has 0 bridgehead atoms. The fourth-order valence-corrected chi connectivity index (χ4v) is 2.37. The molecular formula is C16H19N. The van der Waals surface area contributed by atoms with Gasteiger partial charge in [0.25, 0.3) is 0 Å². The van der Waals surface area contributed by atoms with Crippen LogP contribution in [0.15, 0.2) is 48.2 Å². The highest BCUT2D eigenvalue weighted by molar-refractivity contribution is 5.41. The zero-order chi connectivity index (χ0) is 12.3. The van der Waals surface area contributed by atoms with Crippen molar-refractivity contribution >= 4 is 0 Å². The first kappa shape index (κ1) is 11.8. The first-order valence-electron chi connectivity index (χ1n) is 6.17. The van der Waals surface area contributed by atoms with Crippen LogP contribution in [0, 0.1) is 23.7 Å². The number of allylic oxidation sites excluding steroid dienone is 3. The molecule has 1 aliphatic carbocycles. The third-order valence-corrected chi connectivity index (χ3v) is 3.27. The second-order valence-electron chi connectivity index (χ2n) is 4.54. The molecule has 1 aliphatic heterocycles. The Hall–Kier alpha value is -1.68. The second kappa shape index (κ2) is 5.10. The Morgan fingerprint density at radius 1 is 1.53 bits per heavy atom. The highest BCUT2D eigenvalue weighted by atomic mass is 15.0. The molecule has 0 amide bonds. The third-order valence-electron chi connectivity index (χ3n) is 3.27. The van der Waals surface area contributed by atoms with Crippen molar-refractivity contribution in [2.45, 2.75) is 26.3 Å². The van der Waals surface area contributed by atoms with Crippen molar-refractivity contribution in [3.05, 3.63) is 48.2 Å². The first-order valence-corrected chi connectivity index (χ1v) is 6.17. The van der Waals surface area contributed by atoms with Crippen LogP contribution in [-0.2, 0) is 0 Å². The van der Waals surface area contributed by atoms with Crippen molar-refractivity contribution in [1.29, 1.82) is 0 Å². The monoisotopic (exact) mass is 225 g/mol. The van der Waals surface area contributed by atoms with E-state index in [1.807, 2.05) is 6.08 Å². The van der Waals surface area contributed by atoms with Crippen molar-refractivity contribution in [3.8, 4) is 11.8 Å². The maximum atomic E-state index is 3.91. The van der Waals surface area contributed by atoms with Crippen molar-refractivity contribution in [2.75, 3.05) is 0 Å². The summed E-state index contributed by atoms with van der Waals surface area (Å²) in [6, 6.07) is 0.302. The second-order valence-corrected chi connectivity index (χ2v) is 4.54. The van der Waals surface area contributed by atoms with Gasteiger partial charge in [-0.25, -0.2) is 0 Å². The lowest BCUT2D eigenvalue weighted by atomic mass is 9.90. The molecule has 0 saturated carbocycles. The summed E-state index contributed by atoms with van der Waals surface area (Å²) in [6.07, 6.45) is 11.5. The van der Waals surface area contributed by atoms with E-state index in [2.05, 4.69) is 61.9 Å². The van der Waals surface area contributed by atoms with Gasteiger partial charge in [0, 0.05) is 24.0 Å². The lowest BCUT2D eigenvalue weighted by Gasteiger charge is -2.14. The van der Waals surface area contributed by atoms with Gasteiger partial charge in [-0.15, -0.1) is 6.58 Å². The topological polar surface area (TPSA) is 12.0 Å². The summed E-state index contributed by atoms with van der Waals surface area (Å²) < 4.78 is 0. The Labute approximate surface area is 104 Å². The maximum Gasteiger partial charge on any atom is 0.0543 e. The van der Waals surface area contributed by atoms with Crippen molar-refractivity contribution < 1.29 is 0 Å². The van der Waals surface area contributed by atoms with E-state index in [9.17, 15) is 0 Å². The zero-order valence-corrected chi connectivity index (χ0v) is 10.5. The van der Waals surface area contributed by atoms with E-state index < -0.39 is 0 Å². The molecule has 3 atom stereocenters. The number of rotatable bonds is 2. The van der Waals surface area contributed by atoms with Gasteiger partial charge in [0.15, 0.2) is 0 Å². The SMILES string of the molecule is C=CC1NC2=C(CC#CC(C)C=C2)C1/C=C\C. The van der Waals surface area contributed by atoms with E-state index in [0.29, 0.717) is 17.9 Å². The molecule has 88 valence electrons. The summed E-state index contributed by atoms with van der Waals surface area (Å²) in [5.41, 5.74) is 2.63. The molecule has 0 saturated heterocycles. The predicted molar refractivity (Wildman–Crippen MR) is 73.1 cm³/mol. The van der Waals surface area contributed by atoms with Gasteiger partial charge in [-0.2, -0.15) is 0 Å². The molecular weight excluding hydrogens is 206 g/mol. The number of hydrogen-bond donors (Lipinski definition) is 1. The van der Waals surface area contributed by atoms with E-state index in [4.69, 9.17) is 0 Å². The van der Waals surface area contributed by atoms with Gasteiger partial charge in [-0.1, -0.05) is 36.1 Å². The van der Waals surface area contributed by atoms with Crippen molar-refractivity contribution in [1.82, 2.24) is 5.32 Å². The lowest BCUT2D eigenvalue weighted by molar-refractivity contribution is 0.630. The predicted octanol–water partition coefficient (Wildman–Crippen LogP) is 3.19. The molecule has 1 nitrogen and oxygen atoms in total. The Kier molecular flexibility index (Phi) is 3.54. The minimum atomic E-state index is 0.302. The largest absolute Gasteiger partial charge is 0.378 e. The van der Waals surface area contributed by atoms with Crippen LogP contribution in [0.25, 0.3) is 0 Å². The van der Waals surface area contributed by atoms with E-state index in [1.165, 1.54) is 11.3 Å². The van der Waals surface area contributed by atoms with E-state index in [-0.39, 0.29) is 0 Å². The molecule has 1 heterocycles. The fraction of sp³-hybridized carbons (Fsp3) is 0.375. The molecule has 0 aromatic heterocycles. The summed E-state index contributed by atoms with van der Waals surface area (Å²) in [6.45, 7) is 8.10. The summed E-state index contributed by atoms with van der Waals surface area (Å²) in [5.74, 6) is 7.26. The van der Waals surface area contributed by atoms with Crippen LogP contribution >= 0.6 is 0 Å².